The quantitative estimate of drug-likeness (QED) is 0.226. The van der Waals surface area contributed by atoms with Crippen LogP contribution in [0.1, 0.15) is 15.9 Å². The Bertz CT molecular complexity index is 1390. The van der Waals surface area contributed by atoms with Gasteiger partial charge in [-0.3, -0.25) is 9.71 Å². The number of nitrogens with zero attached hydrogens (tertiary/aromatic N) is 2. The number of hydrogen-bond acceptors (Lipinski definition) is 7. The van der Waals surface area contributed by atoms with E-state index in [-0.39, 0.29) is 16.2 Å². The molecule has 0 bridgehead atoms. The highest BCUT2D eigenvalue weighted by Crippen LogP contribution is 2.21. The van der Waals surface area contributed by atoms with Gasteiger partial charge in [0.1, 0.15) is 11.6 Å². The number of carbonyl (C=O) groups is 1. The zero-order chi connectivity index (χ0) is 23.3. The normalized spacial score (nSPS) is 11.4. The Kier molecular flexibility index (Phi) is 6.57. The Morgan fingerprint density at radius 2 is 1.76 bits per heavy atom. The minimum atomic E-state index is -3.72. The summed E-state index contributed by atoms with van der Waals surface area (Å²) in [4.78, 5) is 20.4. The number of thiazole rings is 1. The van der Waals surface area contributed by atoms with E-state index in [2.05, 4.69) is 14.7 Å². The number of anilines is 1. The van der Waals surface area contributed by atoms with Crippen molar-refractivity contribution in [1.82, 2.24) is 4.98 Å². The van der Waals surface area contributed by atoms with Crippen LogP contribution in [0.15, 0.2) is 94.3 Å². The van der Waals surface area contributed by atoms with E-state index in [1.165, 1.54) is 47.9 Å². The van der Waals surface area contributed by atoms with Crippen LogP contribution in [-0.4, -0.2) is 25.6 Å². The molecule has 166 valence electrons. The van der Waals surface area contributed by atoms with E-state index < -0.39 is 21.8 Å². The highest BCUT2D eigenvalue weighted by molar-refractivity contribution is 7.93. The molecule has 0 aliphatic heterocycles. The molecular formula is C23H16FN3O4S2. The van der Waals surface area contributed by atoms with Crippen LogP contribution in [0.25, 0.3) is 0 Å². The fourth-order valence-corrected chi connectivity index (χ4v) is 4.51. The van der Waals surface area contributed by atoms with Crippen LogP contribution >= 0.6 is 11.3 Å². The summed E-state index contributed by atoms with van der Waals surface area (Å²) in [6.45, 7) is 0. The number of nitrogens with one attached hydrogen (secondary N) is 1. The highest BCUT2D eigenvalue weighted by atomic mass is 32.2. The van der Waals surface area contributed by atoms with Crippen LogP contribution in [0.5, 0.6) is 5.75 Å². The van der Waals surface area contributed by atoms with Crippen LogP contribution < -0.4 is 9.46 Å². The number of aliphatic imine (C=N–C) groups is 1. The molecule has 0 fully saturated rings. The average molecular weight is 482 g/mol. The van der Waals surface area contributed by atoms with Gasteiger partial charge in [0.05, 0.1) is 16.1 Å². The van der Waals surface area contributed by atoms with Gasteiger partial charge in [0, 0.05) is 17.8 Å². The van der Waals surface area contributed by atoms with Crippen LogP contribution in [-0.2, 0) is 10.0 Å². The van der Waals surface area contributed by atoms with E-state index in [0.29, 0.717) is 10.8 Å². The second kappa shape index (κ2) is 9.72. The van der Waals surface area contributed by atoms with Crippen LogP contribution in [0.3, 0.4) is 0 Å². The maximum absolute atomic E-state index is 13.7. The largest absolute Gasteiger partial charge is 0.423 e. The van der Waals surface area contributed by atoms with Crippen molar-refractivity contribution in [1.29, 1.82) is 0 Å². The highest BCUT2D eigenvalue weighted by Gasteiger charge is 2.15. The van der Waals surface area contributed by atoms with E-state index in [1.54, 1.807) is 54.1 Å². The molecule has 1 aromatic heterocycles. The van der Waals surface area contributed by atoms with Gasteiger partial charge in [-0.1, -0.05) is 12.1 Å². The van der Waals surface area contributed by atoms with Gasteiger partial charge in [-0.2, -0.15) is 0 Å². The molecule has 3 aromatic carbocycles. The van der Waals surface area contributed by atoms with Gasteiger partial charge in [-0.05, 0) is 66.2 Å². The van der Waals surface area contributed by atoms with Gasteiger partial charge in [-0.15, -0.1) is 11.3 Å². The van der Waals surface area contributed by atoms with E-state index >= 15 is 0 Å². The maximum atomic E-state index is 13.7. The molecule has 10 heteroatoms. The molecule has 0 amide bonds. The molecule has 33 heavy (non-hydrogen) atoms. The van der Waals surface area contributed by atoms with Gasteiger partial charge >= 0.3 is 5.97 Å². The summed E-state index contributed by atoms with van der Waals surface area (Å²) in [6.07, 6.45) is 3.10. The van der Waals surface area contributed by atoms with Crippen molar-refractivity contribution in [3.63, 3.8) is 0 Å². The molecular weight excluding hydrogens is 465 g/mol. The average Bonchev–Trinajstić information content (AvgIpc) is 3.31. The lowest BCUT2D eigenvalue weighted by Crippen LogP contribution is -2.12. The molecule has 0 spiro atoms. The van der Waals surface area contributed by atoms with Gasteiger partial charge in [-0.25, -0.2) is 22.6 Å². The predicted octanol–water partition coefficient (Wildman–Crippen LogP) is 5.05. The first-order chi connectivity index (χ1) is 15.9. The van der Waals surface area contributed by atoms with Crippen molar-refractivity contribution in [2.24, 2.45) is 4.99 Å². The number of benzene rings is 3. The molecule has 0 saturated carbocycles. The summed E-state index contributed by atoms with van der Waals surface area (Å²) in [5.74, 6) is -1.17. The number of carbonyl (C=O) groups excluding carboxylic acids is 1. The molecule has 0 unspecified atom stereocenters. The molecule has 0 saturated heterocycles. The molecule has 4 aromatic rings. The van der Waals surface area contributed by atoms with E-state index in [1.807, 2.05) is 0 Å². The summed E-state index contributed by atoms with van der Waals surface area (Å²) in [5.41, 5.74) is 1.14. The van der Waals surface area contributed by atoms with Crippen molar-refractivity contribution >= 4 is 44.4 Å². The number of aromatic nitrogens is 1. The number of esters is 1. The standard InChI is InChI=1S/C23H16FN3O4S2/c24-21-4-2-1-3-20(21)22(28)31-18-9-5-16(6-10-18)15-26-17-7-11-19(12-8-17)33(29,30)27-23-25-13-14-32-23/h1-15H,(H,25,27). The fourth-order valence-electron chi connectivity index (χ4n) is 2.72. The second-order valence-electron chi connectivity index (χ2n) is 6.63. The number of sulfonamides is 1. The lowest BCUT2D eigenvalue weighted by Gasteiger charge is -2.05. The van der Waals surface area contributed by atoms with Crippen LogP contribution in [0.2, 0.25) is 0 Å². The van der Waals surface area contributed by atoms with Crippen molar-refractivity contribution < 1.29 is 22.3 Å². The summed E-state index contributed by atoms with van der Waals surface area (Å²) < 4.78 is 46.0. The molecule has 0 radical (unpaired) electrons. The Morgan fingerprint density at radius 1 is 1.03 bits per heavy atom. The monoisotopic (exact) mass is 481 g/mol. The summed E-state index contributed by atoms with van der Waals surface area (Å²) in [5, 5.41) is 1.97. The van der Waals surface area contributed by atoms with Crippen LogP contribution in [0, 0.1) is 5.82 Å². The Hall–Kier alpha value is -3.89. The summed E-state index contributed by atoms with van der Waals surface area (Å²) in [7, 11) is -3.72. The number of hydrogen-bond donors (Lipinski definition) is 1. The third-order valence-electron chi connectivity index (χ3n) is 4.35. The molecule has 7 nitrogen and oxygen atoms in total. The lowest BCUT2D eigenvalue weighted by molar-refractivity contribution is 0.0730. The smallest absolute Gasteiger partial charge is 0.346 e. The molecule has 4 rings (SSSR count). The van der Waals surface area contributed by atoms with Crippen LogP contribution in [0.4, 0.5) is 15.2 Å². The van der Waals surface area contributed by atoms with Gasteiger partial charge in [0.15, 0.2) is 5.13 Å². The first kappa shape index (κ1) is 22.3. The Balaban J connectivity index is 1.39. The molecule has 1 heterocycles. The minimum Gasteiger partial charge on any atom is -0.423 e. The predicted molar refractivity (Wildman–Crippen MR) is 124 cm³/mol. The Labute approximate surface area is 193 Å². The van der Waals surface area contributed by atoms with Gasteiger partial charge < -0.3 is 4.74 Å². The topological polar surface area (TPSA) is 97.7 Å². The number of rotatable bonds is 7. The molecule has 0 atom stereocenters. The van der Waals surface area contributed by atoms with E-state index in [4.69, 9.17) is 4.74 Å². The SMILES string of the molecule is O=C(Oc1ccc(C=Nc2ccc(S(=O)(=O)Nc3nccs3)cc2)cc1)c1ccccc1F. The maximum Gasteiger partial charge on any atom is 0.346 e. The summed E-state index contributed by atoms with van der Waals surface area (Å²) >= 11 is 1.19. The van der Waals surface area contributed by atoms with Crippen molar-refractivity contribution in [2.45, 2.75) is 4.90 Å². The van der Waals surface area contributed by atoms with Crippen molar-refractivity contribution in [3.05, 3.63) is 101 Å². The molecule has 0 aliphatic rings. The lowest BCUT2D eigenvalue weighted by atomic mass is 10.2. The Morgan fingerprint density at radius 3 is 2.42 bits per heavy atom. The van der Waals surface area contributed by atoms with Crippen molar-refractivity contribution in [2.75, 3.05) is 4.72 Å². The van der Waals surface area contributed by atoms with Crippen molar-refractivity contribution in [3.8, 4) is 5.75 Å². The number of ether oxygens (including phenoxy) is 1. The number of halogens is 1. The van der Waals surface area contributed by atoms with Gasteiger partial charge in [0.25, 0.3) is 10.0 Å². The zero-order valence-corrected chi connectivity index (χ0v) is 18.5. The molecule has 1 N–H and O–H groups in total. The fraction of sp³-hybridized carbons (Fsp3) is 0. The second-order valence-corrected chi connectivity index (χ2v) is 9.21. The van der Waals surface area contributed by atoms with E-state index in [0.717, 1.165) is 5.56 Å². The van der Waals surface area contributed by atoms with E-state index in [9.17, 15) is 17.6 Å². The molecule has 0 aliphatic carbocycles. The first-order valence-corrected chi connectivity index (χ1v) is 11.9. The third-order valence-corrected chi connectivity index (χ3v) is 6.52. The third kappa shape index (κ3) is 5.68. The van der Waals surface area contributed by atoms with Gasteiger partial charge in [0.2, 0.25) is 0 Å². The zero-order valence-electron chi connectivity index (χ0n) is 16.9. The minimum absolute atomic E-state index is 0.0951. The summed E-state index contributed by atoms with van der Waals surface area (Å²) in [6, 6.07) is 18.2. The first-order valence-electron chi connectivity index (χ1n) is 9.54.